The van der Waals surface area contributed by atoms with Gasteiger partial charge in [-0.3, -0.25) is 0 Å². The van der Waals surface area contributed by atoms with Gasteiger partial charge in [0.2, 0.25) is 0 Å². The van der Waals surface area contributed by atoms with Crippen molar-refractivity contribution in [2.75, 3.05) is 7.11 Å². The van der Waals surface area contributed by atoms with Crippen LogP contribution in [0.15, 0.2) is 65.7 Å². The average Bonchev–Trinajstić information content (AvgIpc) is 3.02. The van der Waals surface area contributed by atoms with Gasteiger partial charge in [-0.2, -0.15) is 0 Å². The van der Waals surface area contributed by atoms with Crippen LogP contribution >= 0.6 is 0 Å². The molecule has 0 unspecified atom stereocenters. The molecule has 1 aliphatic carbocycles. The molecule has 0 aliphatic heterocycles. The Morgan fingerprint density at radius 1 is 0.679 bits per heavy atom. The second-order valence-electron chi connectivity index (χ2n) is 7.98. The molecule has 2 nitrogen and oxygen atoms in total. The zero-order valence-corrected chi connectivity index (χ0v) is 17.3. The molecule has 0 atom stereocenters. The van der Waals surface area contributed by atoms with E-state index in [9.17, 15) is 0 Å². The zero-order valence-electron chi connectivity index (χ0n) is 17.3. The van der Waals surface area contributed by atoms with E-state index in [0.717, 1.165) is 22.7 Å². The Kier molecular flexibility index (Phi) is 4.80. The van der Waals surface area contributed by atoms with E-state index in [0.29, 0.717) is 11.8 Å². The fourth-order valence-corrected chi connectivity index (χ4v) is 4.10. The lowest BCUT2D eigenvalue weighted by Crippen LogP contribution is -2.03. The van der Waals surface area contributed by atoms with Crippen molar-refractivity contribution in [2.24, 2.45) is 4.99 Å². The van der Waals surface area contributed by atoms with Crippen molar-refractivity contribution < 1.29 is 4.74 Å². The highest BCUT2D eigenvalue weighted by Gasteiger charge is 2.28. The summed E-state index contributed by atoms with van der Waals surface area (Å²) in [5.74, 6) is 1.69. The van der Waals surface area contributed by atoms with Crippen LogP contribution in [0.1, 0.15) is 61.8 Å². The normalized spacial score (nSPS) is 13.9. The van der Waals surface area contributed by atoms with Gasteiger partial charge in [0.15, 0.2) is 0 Å². The van der Waals surface area contributed by atoms with Crippen LogP contribution in [0.5, 0.6) is 5.75 Å². The molecule has 28 heavy (non-hydrogen) atoms. The molecule has 0 fully saturated rings. The highest BCUT2D eigenvalue weighted by molar-refractivity contribution is 6.26. The number of aliphatic imine (C=N–C) groups is 1. The largest absolute Gasteiger partial charge is 0.496 e. The minimum Gasteiger partial charge on any atom is -0.496 e. The molecule has 0 saturated heterocycles. The van der Waals surface area contributed by atoms with Gasteiger partial charge in [0.25, 0.3) is 0 Å². The number of benzene rings is 3. The molecule has 0 saturated carbocycles. The van der Waals surface area contributed by atoms with Crippen molar-refractivity contribution in [3.05, 3.63) is 82.9 Å². The minimum absolute atomic E-state index is 0.409. The predicted octanol–water partition coefficient (Wildman–Crippen LogP) is 7.09. The van der Waals surface area contributed by atoms with Gasteiger partial charge < -0.3 is 4.74 Å². The molecule has 0 spiro atoms. The van der Waals surface area contributed by atoms with Crippen molar-refractivity contribution in [3.63, 3.8) is 0 Å². The van der Waals surface area contributed by atoms with Gasteiger partial charge in [-0.1, -0.05) is 82.3 Å². The third-order valence-corrected chi connectivity index (χ3v) is 5.52. The number of hydrogen-bond acceptors (Lipinski definition) is 2. The molecule has 1 aliphatic rings. The summed E-state index contributed by atoms with van der Waals surface area (Å²) in [7, 11) is 1.73. The summed E-state index contributed by atoms with van der Waals surface area (Å²) < 4.78 is 5.73. The standard InChI is InChI=1S/C26H27NO/c1-16(2)18-12-8-13-19(17(3)4)25(18)27-26-22-11-7-6-10-20(22)21-14-9-15-23(28-5)24(21)26/h6-17H,1-5H3. The van der Waals surface area contributed by atoms with Gasteiger partial charge in [-0.05, 0) is 40.2 Å². The first kappa shape index (κ1) is 18.5. The first-order chi connectivity index (χ1) is 13.5. The highest BCUT2D eigenvalue weighted by Crippen LogP contribution is 2.44. The van der Waals surface area contributed by atoms with Crippen molar-refractivity contribution in [1.29, 1.82) is 0 Å². The maximum Gasteiger partial charge on any atom is 0.128 e. The third kappa shape index (κ3) is 2.93. The molecular formula is C26H27NO. The Labute approximate surface area is 167 Å². The van der Waals surface area contributed by atoms with E-state index in [-0.39, 0.29) is 0 Å². The van der Waals surface area contributed by atoms with Crippen LogP contribution in [0.2, 0.25) is 0 Å². The minimum atomic E-state index is 0.409. The summed E-state index contributed by atoms with van der Waals surface area (Å²) in [6.45, 7) is 8.95. The number of fused-ring (bicyclic) bond motifs is 3. The molecule has 142 valence electrons. The Bertz CT molecular complexity index is 1030. The summed E-state index contributed by atoms with van der Waals surface area (Å²) in [6, 6.07) is 21.3. The molecule has 0 aromatic heterocycles. The van der Waals surface area contributed by atoms with Crippen LogP contribution in [0.4, 0.5) is 5.69 Å². The number of nitrogens with zero attached hydrogens (tertiary/aromatic N) is 1. The van der Waals surface area contributed by atoms with Crippen LogP contribution in [0.3, 0.4) is 0 Å². The molecule has 3 aromatic rings. The van der Waals surface area contributed by atoms with Crippen molar-refractivity contribution in [1.82, 2.24) is 0 Å². The Hall–Kier alpha value is -2.87. The summed E-state index contributed by atoms with van der Waals surface area (Å²) in [6.07, 6.45) is 0. The third-order valence-electron chi connectivity index (χ3n) is 5.52. The summed E-state index contributed by atoms with van der Waals surface area (Å²) >= 11 is 0. The van der Waals surface area contributed by atoms with Crippen LogP contribution in [0.25, 0.3) is 11.1 Å². The maximum atomic E-state index is 5.73. The van der Waals surface area contributed by atoms with Crippen molar-refractivity contribution in [2.45, 2.75) is 39.5 Å². The summed E-state index contributed by atoms with van der Waals surface area (Å²) in [5.41, 5.74) is 9.40. The molecule has 0 amide bonds. The van der Waals surface area contributed by atoms with Gasteiger partial charge in [0.1, 0.15) is 5.75 Å². The van der Waals surface area contributed by atoms with E-state index in [1.54, 1.807) is 7.11 Å². The van der Waals surface area contributed by atoms with Gasteiger partial charge in [0.05, 0.1) is 24.1 Å². The second-order valence-corrected chi connectivity index (χ2v) is 7.98. The smallest absolute Gasteiger partial charge is 0.128 e. The molecule has 4 rings (SSSR count). The van der Waals surface area contributed by atoms with Gasteiger partial charge in [0, 0.05) is 5.56 Å². The van der Waals surface area contributed by atoms with E-state index in [4.69, 9.17) is 9.73 Å². The van der Waals surface area contributed by atoms with Crippen LogP contribution in [-0.2, 0) is 0 Å². The first-order valence-corrected chi connectivity index (χ1v) is 10.0. The quantitative estimate of drug-likeness (QED) is 0.376. The van der Waals surface area contributed by atoms with E-state index in [1.807, 2.05) is 6.07 Å². The Morgan fingerprint density at radius 2 is 1.25 bits per heavy atom. The van der Waals surface area contributed by atoms with Crippen molar-refractivity contribution in [3.8, 4) is 16.9 Å². The lowest BCUT2D eigenvalue weighted by molar-refractivity contribution is 0.414. The van der Waals surface area contributed by atoms with Gasteiger partial charge >= 0.3 is 0 Å². The molecule has 0 radical (unpaired) electrons. The lowest BCUT2D eigenvalue weighted by atomic mass is 9.92. The Balaban J connectivity index is 2.05. The SMILES string of the molecule is COc1cccc2c1C(=Nc1c(C(C)C)cccc1C(C)C)c1ccccc1-2. The van der Waals surface area contributed by atoms with Gasteiger partial charge in [-0.15, -0.1) is 0 Å². The first-order valence-electron chi connectivity index (χ1n) is 10.0. The number of rotatable bonds is 4. The molecule has 0 N–H and O–H groups in total. The zero-order chi connectivity index (χ0) is 19.8. The number of para-hydroxylation sites is 1. The monoisotopic (exact) mass is 369 g/mol. The fraction of sp³-hybridized carbons (Fsp3) is 0.269. The molecular weight excluding hydrogens is 342 g/mol. The molecule has 2 heteroatoms. The molecule has 0 bridgehead atoms. The highest BCUT2D eigenvalue weighted by atomic mass is 16.5. The summed E-state index contributed by atoms with van der Waals surface area (Å²) in [4.78, 5) is 5.33. The van der Waals surface area contributed by atoms with Crippen LogP contribution < -0.4 is 4.74 Å². The van der Waals surface area contributed by atoms with E-state index < -0.39 is 0 Å². The van der Waals surface area contributed by atoms with E-state index >= 15 is 0 Å². The van der Waals surface area contributed by atoms with Gasteiger partial charge in [-0.25, -0.2) is 4.99 Å². The predicted molar refractivity (Wildman–Crippen MR) is 118 cm³/mol. The molecule has 3 aromatic carbocycles. The lowest BCUT2D eigenvalue weighted by Gasteiger charge is -2.17. The second kappa shape index (κ2) is 7.27. The topological polar surface area (TPSA) is 21.6 Å². The number of hydrogen-bond donors (Lipinski definition) is 0. The number of ether oxygens (including phenoxy) is 1. The summed E-state index contributed by atoms with van der Waals surface area (Å²) in [5, 5.41) is 0. The van der Waals surface area contributed by atoms with Crippen LogP contribution in [0, 0.1) is 0 Å². The van der Waals surface area contributed by atoms with Crippen LogP contribution in [-0.4, -0.2) is 12.8 Å². The van der Waals surface area contributed by atoms with E-state index in [1.165, 1.54) is 27.8 Å². The van der Waals surface area contributed by atoms with E-state index in [2.05, 4.69) is 82.3 Å². The Morgan fingerprint density at radius 3 is 1.86 bits per heavy atom. The molecule has 0 heterocycles. The van der Waals surface area contributed by atoms with Crippen molar-refractivity contribution >= 4 is 11.4 Å². The number of methoxy groups -OCH3 is 1. The average molecular weight is 370 g/mol. The maximum absolute atomic E-state index is 5.73. The fourth-order valence-electron chi connectivity index (χ4n) is 4.10.